The van der Waals surface area contributed by atoms with E-state index < -0.39 is 28.5 Å². The average Bonchev–Trinajstić information content (AvgIpc) is 2.97. The molecule has 0 spiro atoms. The molecule has 1 N–H and O–H groups in total. The van der Waals surface area contributed by atoms with Crippen molar-refractivity contribution in [2.24, 2.45) is 0 Å². The van der Waals surface area contributed by atoms with Crippen LogP contribution < -0.4 is 9.62 Å². The first-order valence-electron chi connectivity index (χ1n) is 14.2. The minimum atomic E-state index is -4.14. The van der Waals surface area contributed by atoms with Gasteiger partial charge in [0.05, 0.1) is 20.6 Å². The predicted octanol–water partition coefficient (Wildman–Crippen LogP) is 6.78. The molecule has 0 fully saturated rings. The summed E-state index contributed by atoms with van der Waals surface area (Å²) in [5, 5.41) is 3.62. The molecule has 42 heavy (non-hydrogen) atoms. The van der Waals surface area contributed by atoms with Crippen molar-refractivity contribution in [2.75, 3.05) is 17.4 Å². The second kappa shape index (κ2) is 15.4. The maximum atomic E-state index is 14.2. The number of amides is 2. The fraction of sp³-hybridized carbons (Fsp3) is 0.375. The predicted molar refractivity (Wildman–Crippen MR) is 171 cm³/mol. The maximum absolute atomic E-state index is 14.2. The van der Waals surface area contributed by atoms with Gasteiger partial charge in [-0.1, -0.05) is 92.4 Å². The number of benzene rings is 3. The summed E-state index contributed by atoms with van der Waals surface area (Å²) in [6, 6.07) is 17.9. The molecule has 7 nitrogen and oxygen atoms in total. The topological polar surface area (TPSA) is 86.8 Å². The zero-order valence-corrected chi connectivity index (χ0v) is 26.9. The standard InChI is InChI=1S/C32H39Cl2N3O4S/c1-5-8-19-35-32(39)29(7-3)36(21-24-15-18-27(33)28(34)20-24)31(38)22-37(30-12-10-9-11-25(30)6-2)42(40,41)26-16-13-23(4)14-17-26/h9-18,20,29H,5-8,19,21-22H2,1-4H3,(H,35,39)/t29-/m1/s1. The van der Waals surface area contributed by atoms with Crippen LogP contribution in [-0.2, 0) is 32.6 Å². The van der Waals surface area contributed by atoms with E-state index in [-0.39, 0.29) is 17.3 Å². The smallest absolute Gasteiger partial charge is 0.264 e. The molecule has 3 rings (SSSR count). The summed E-state index contributed by atoms with van der Waals surface area (Å²) in [5.74, 6) is -0.804. The molecular formula is C32H39Cl2N3O4S. The summed E-state index contributed by atoms with van der Waals surface area (Å²) in [4.78, 5) is 29.1. The van der Waals surface area contributed by atoms with Gasteiger partial charge < -0.3 is 10.2 Å². The van der Waals surface area contributed by atoms with Gasteiger partial charge in [0.1, 0.15) is 12.6 Å². The lowest BCUT2D eigenvalue weighted by Crippen LogP contribution is -2.52. The number of unbranched alkanes of at least 4 members (excludes halogenated alkanes) is 1. The normalized spacial score (nSPS) is 12.0. The maximum Gasteiger partial charge on any atom is 0.264 e. The first kappa shape index (κ1) is 33.4. The molecule has 0 saturated carbocycles. The van der Waals surface area contributed by atoms with E-state index in [1.165, 1.54) is 4.90 Å². The van der Waals surface area contributed by atoms with Gasteiger partial charge in [0.25, 0.3) is 10.0 Å². The molecule has 0 aromatic heterocycles. The Kier molecular flexibility index (Phi) is 12.3. The van der Waals surface area contributed by atoms with Gasteiger partial charge >= 0.3 is 0 Å². The monoisotopic (exact) mass is 631 g/mol. The molecular weight excluding hydrogens is 593 g/mol. The van der Waals surface area contributed by atoms with Crippen molar-refractivity contribution in [3.05, 3.63) is 93.5 Å². The fourth-order valence-electron chi connectivity index (χ4n) is 4.66. The molecule has 1 atom stereocenters. The highest BCUT2D eigenvalue weighted by Gasteiger charge is 2.34. The zero-order valence-electron chi connectivity index (χ0n) is 24.6. The van der Waals surface area contributed by atoms with Crippen molar-refractivity contribution in [1.82, 2.24) is 10.2 Å². The van der Waals surface area contributed by atoms with Gasteiger partial charge in [-0.15, -0.1) is 0 Å². The van der Waals surface area contributed by atoms with Crippen LogP contribution in [0.3, 0.4) is 0 Å². The third-order valence-corrected chi connectivity index (χ3v) is 9.59. The van der Waals surface area contributed by atoms with Crippen LogP contribution in [-0.4, -0.2) is 44.3 Å². The first-order chi connectivity index (χ1) is 20.0. The highest BCUT2D eigenvalue weighted by atomic mass is 35.5. The molecule has 10 heteroatoms. The van der Waals surface area contributed by atoms with E-state index >= 15 is 0 Å². The Morgan fingerprint density at radius 2 is 1.62 bits per heavy atom. The minimum Gasteiger partial charge on any atom is -0.354 e. The van der Waals surface area contributed by atoms with E-state index in [0.717, 1.165) is 28.3 Å². The van der Waals surface area contributed by atoms with Crippen molar-refractivity contribution in [1.29, 1.82) is 0 Å². The van der Waals surface area contributed by atoms with Gasteiger partial charge in [-0.2, -0.15) is 0 Å². The number of nitrogens with one attached hydrogen (secondary N) is 1. The Bertz CT molecular complexity index is 1480. The van der Waals surface area contributed by atoms with Crippen LogP contribution in [0.1, 0.15) is 56.7 Å². The van der Waals surface area contributed by atoms with Crippen molar-refractivity contribution < 1.29 is 18.0 Å². The Hall–Kier alpha value is -3.07. The number of sulfonamides is 1. The third kappa shape index (κ3) is 8.27. The van der Waals surface area contributed by atoms with Crippen LogP contribution in [0, 0.1) is 6.92 Å². The number of para-hydroxylation sites is 1. The van der Waals surface area contributed by atoms with E-state index in [1.807, 2.05) is 39.8 Å². The van der Waals surface area contributed by atoms with Gasteiger partial charge in [-0.3, -0.25) is 13.9 Å². The van der Waals surface area contributed by atoms with Crippen molar-refractivity contribution in [3.63, 3.8) is 0 Å². The van der Waals surface area contributed by atoms with Crippen LogP contribution in [0.5, 0.6) is 0 Å². The average molecular weight is 633 g/mol. The molecule has 0 radical (unpaired) electrons. The molecule has 0 unspecified atom stereocenters. The number of hydrogen-bond acceptors (Lipinski definition) is 4. The minimum absolute atomic E-state index is 0.0449. The first-order valence-corrected chi connectivity index (χ1v) is 16.4. The molecule has 0 saturated heterocycles. The van der Waals surface area contributed by atoms with E-state index in [9.17, 15) is 18.0 Å². The number of anilines is 1. The summed E-state index contributed by atoms with van der Waals surface area (Å²) in [5.41, 5.74) is 2.78. The van der Waals surface area contributed by atoms with Gasteiger partial charge in [0.15, 0.2) is 0 Å². The number of hydrogen-bond donors (Lipinski definition) is 1. The zero-order chi connectivity index (χ0) is 30.9. The van der Waals surface area contributed by atoms with E-state index in [0.29, 0.717) is 40.7 Å². The molecule has 2 amide bonds. The van der Waals surface area contributed by atoms with E-state index in [4.69, 9.17) is 23.2 Å². The second-order valence-electron chi connectivity index (χ2n) is 10.1. The molecule has 0 aliphatic carbocycles. The molecule has 0 heterocycles. The number of rotatable bonds is 14. The van der Waals surface area contributed by atoms with Crippen LogP contribution >= 0.6 is 23.2 Å². The van der Waals surface area contributed by atoms with Gasteiger partial charge in [-0.25, -0.2) is 8.42 Å². The highest BCUT2D eigenvalue weighted by molar-refractivity contribution is 7.92. The summed E-state index contributed by atoms with van der Waals surface area (Å²) in [6.07, 6.45) is 2.61. The SMILES string of the molecule is CCCCNC(=O)[C@@H](CC)N(Cc1ccc(Cl)c(Cl)c1)C(=O)CN(c1ccccc1CC)S(=O)(=O)c1ccc(C)cc1. The Balaban J connectivity index is 2.09. The highest BCUT2D eigenvalue weighted by Crippen LogP contribution is 2.29. The summed E-state index contributed by atoms with van der Waals surface area (Å²) < 4.78 is 29.4. The van der Waals surface area contributed by atoms with Gasteiger partial charge in [0.2, 0.25) is 11.8 Å². The lowest BCUT2D eigenvalue weighted by molar-refractivity contribution is -0.140. The van der Waals surface area contributed by atoms with Crippen LogP contribution in [0.25, 0.3) is 0 Å². The fourth-order valence-corrected chi connectivity index (χ4v) is 6.44. The number of nitrogens with zero attached hydrogens (tertiary/aromatic N) is 2. The second-order valence-corrected chi connectivity index (χ2v) is 12.8. The Morgan fingerprint density at radius 1 is 0.929 bits per heavy atom. The lowest BCUT2D eigenvalue weighted by Gasteiger charge is -2.33. The third-order valence-electron chi connectivity index (χ3n) is 7.08. The van der Waals surface area contributed by atoms with Crippen LogP contribution in [0.2, 0.25) is 10.0 Å². The van der Waals surface area contributed by atoms with Crippen molar-refractivity contribution in [3.8, 4) is 0 Å². The number of aryl methyl sites for hydroxylation is 2. The van der Waals surface area contributed by atoms with Crippen molar-refractivity contribution in [2.45, 2.75) is 70.9 Å². The Labute approximate surface area is 259 Å². The summed E-state index contributed by atoms with van der Waals surface area (Å²) in [6.45, 7) is 7.70. The molecule has 3 aromatic rings. The van der Waals surface area contributed by atoms with E-state index in [2.05, 4.69) is 5.32 Å². The molecule has 0 aliphatic rings. The number of carbonyl (C=O) groups is 2. The van der Waals surface area contributed by atoms with Crippen LogP contribution in [0.15, 0.2) is 71.6 Å². The quantitative estimate of drug-likeness (QED) is 0.199. The summed E-state index contributed by atoms with van der Waals surface area (Å²) >= 11 is 12.4. The van der Waals surface area contributed by atoms with E-state index in [1.54, 1.807) is 54.6 Å². The molecule has 0 bridgehead atoms. The Morgan fingerprint density at radius 3 is 2.24 bits per heavy atom. The van der Waals surface area contributed by atoms with Crippen molar-refractivity contribution >= 4 is 50.7 Å². The van der Waals surface area contributed by atoms with Gasteiger partial charge in [-0.05, 0) is 67.6 Å². The van der Waals surface area contributed by atoms with Crippen LogP contribution in [0.4, 0.5) is 5.69 Å². The number of halogens is 2. The molecule has 226 valence electrons. The largest absolute Gasteiger partial charge is 0.354 e. The molecule has 0 aliphatic heterocycles. The van der Waals surface area contributed by atoms with Gasteiger partial charge in [0, 0.05) is 13.1 Å². The number of carbonyl (C=O) groups excluding carboxylic acids is 2. The lowest BCUT2D eigenvalue weighted by atomic mass is 10.1. The summed E-state index contributed by atoms with van der Waals surface area (Å²) in [7, 11) is -4.14. The molecule has 3 aromatic carbocycles.